The molecule has 1 unspecified atom stereocenters. The number of benzene rings is 1. The van der Waals surface area contributed by atoms with Gasteiger partial charge < -0.3 is 5.32 Å². The average Bonchev–Trinajstić information content (AvgIpc) is 3.12. The quantitative estimate of drug-likeness (QED) is 0.653. The minimum atomic E-state index is -1.16. The Bertz CT molecular complexity index is 672. The van der Waals surface area contributed by atoms with Crippen molar-refractivity contribution in [3.63, 3.8) is 0 Å². The van der Waals surface area contributed by atoms with E-state index in [1.54, 1.807) is 11.3 Å². The predicted octanol–water partition coefficient (Wildman–Crippen LogP) is 4.50. The van der Waals surface area contributed by atoms with E-state index in [1.165, 1.54) is 0 Å². The summed E-state index contributed by atoms with van der Waals surface area (Å²) < 4.78 is 27.2. The van der Waals surface area contributed by atoms with Gasteiger partial charge in [-0.1, -0.05) is 6.07 Å². The van der Waals surface area contributed by atoms with E-state index in [0.717, 1.165) is 23.8 Å². The molecule has 0 aliphatic heterocycles. The summed E-state index contributed by atoms with van der Waals surface area (Å²) in [6.45, 7) is 0. The summed E-state index contributed by atoms with van der Waals surface area (Å²) in [5.41, 5.74) is -0.756. The molecule has 0 spiro atoms. The van der Waals surface area contributed by atoms with Crippen LogP contribution in [0.5, 0.6) is 0 Å². The Morgan fingerprint density at radius 2 is 2.10 bits per heavy atom. The third kappa shape index (κ3) is 2.87. The minimum absolute atomic E-state index is 0.0339. The lowest BCUT2D eigenvalue weighted by Crippen LogP contribution is -2.13. The molecule has 0 amide bonds. The number of hydrogen-bond acceptors (Lipinski definition) is 4. The van der Waals surface area contributed by atoms with Crippen molar-refractivity contribution in [1.82, 2.24) is 0 Å². The first-order valence-electron chi connectivity index (χ1n) is 6.49. The second-order valence-electron chi connectivity index (χ2n) is 5.02. The number of nitrogens with zero attached hydrogens (tertiary/aromatic N) is 1. The number of anilines is 1. The van der Waals surface area contributed by atoms with Gasteiger partial charge in [0.2, 0.25) is 5.82 Å². The van der Waals surface area contributed by atoms with Crippen LogP contribution < -0.4 is 5.32 Å². The molecule has 0 bridgehead atoms. The van der Waals surface area contributed by atoms with E-state index in [-0.39, 0.29) is 11.7 Å². The Labute approximate surface area is 123 Å². The van der Waals surface area contributed by atoms with Crippen molar-refractivity contribution >= 4 is 22.7 Å². The Morgan fingerprint density at radius 3 is 2.67 bits per heavy atom. The van der Waals surface area contributed by atoms with Crippen molar-refractivity contribution in [2.75, 3.05) is 5.32 Å². The number of rotatable bonds is 5. The van der Waals surface area contributed by atoms with Crippen LogP contribution in [0.15, 0.2) is 29.6 Å². The van der Waals surface area contributed by atoms with Crippen LogP contribution in [0.2, 0.25) is 0 Å². The molecule has 7 heteroatoms. The van der Waals surface area contributed by atoms with Gasteiger partial charge in [-0.3, -0.25) is 10.1 Å². The van der Waals surface area contributed by atoms with Crippen LogP contribution in [-0.4, -0.2) is 4.92 Å². The molecule has 4 nitrogen and oxygen atoms in total. The van der Waals surface area contributed by atoms with Crippen molar-refractivity contribution in [3.05, 3.63) is 56.3 Å². The predicted molar refractivity (Wildman–Crippen MR) is 76.4 cm³/mol. The average molecular weight is 310 g/mol. The second kappa shape index (κ2) is 5.40. The van der Waals surface area contributed by atoms with Crippen LogP contribution in [0.1, 0.15) is 23.8 Å². The smallest absolute Gasteiger partial charge is 0.307 e. The van der Waals surface area contributed by atoms with Gasteiger partial charge in [0.1, 0.15) is 5.82 Å². The molecule has 1 saturated carbocycles. The molecule has 110 valence electrons. The van der Waals surface area contributed by atoms with Crippen molar-refractivity contribution in [3.8, 4) is 0 Å². The Kier molecular flexibility index (Phi) is 3.59. The Hall–Kier alpha value is -2.02. The number of halogens is 2. The fraction of sp³-hybridized carbons (Fsp3) is 0.286. The zero-order chi connectivity index (χ0) is 15.0. The van der Waals surface area contributed by atoms with Gasteiger partial charge in [0.05, 0.1) is 16.7 Å². The number of nitro benzene ring substituents is 1. The van der Waals surface area contributed by atoms with Crippen LogP contribution in [0.3, 0.4) is 0 Å². The van der Waals surface area contributed by atoms with Crippen LogP contribution in [-0.2, 0) is 0 Å². The van der Waals surface area contributed by atoms with Crippen LogP contribution >= 0.6 is 11.3 Å². The standard InChI is InChI=1S/C14H12F2N2O2S/c15-9-6-10(16)12(18(19)20)7-11(9)17-14(8-3-4-8)13-2-1-5-21-13/h1-2,5-8,14,17H,3-4H2. The number of nitrogens with one attached hydrogen (secondary N) is 1. The summed E-state index contributed by atoms with van der Waals surface area (Å²) in [5.74, 6) is -1.60. The van der Waals surface area contributed by atoms with E-state index in [9.17, 15) is 18.9 Å². The van der Waals surface area contributed by atoms with Gasteiger partial charge in [0, 0.05) is 17.0 Å². The second-order valence-corrected chi connectivity index (χ2v) is 5.99. The fourth-order valence-electron chi connectivity index (χ4n) is 2.27. The minimum Gasteiger partial charge on any atom is -0.375 e. The van der Waals surface area contributed by atoms with E-state index >= 15 is 0 Å². The molecular weight excluding hydrogens is 298 g/mol. The molecule has 3 rings (SSSR count). The van der Waals surface area contributed by atoms with E-state index in [0.29, 0.717) is 12.0 Å². The Balaban J connectivity index is 1.92. The zero-order valence-corrected chi connectivity index (χ0v) is 11.7. The van der Waals surface area contributed by atoms with Gasteiger partial charge in [-0.05, 0) is 30.2 Å². The highest BCUT2D eigenvalue weighted by atomic mass is 32.1. The summed E-state index contributed by atoms with van der Waals surface area (Å²) in [7, 11) is 0. The highest BCUT2D eigenvalue weighted by Gasteiger charge is 2.34. The van der Waals surface area contributed by atoms with Gasteiger partial charge in [-0.2, -0.15) is 4.39 Å². The fourth-order valence-corrected chi connectivity index (χ4v) is 3.14. The molecule has 21 heavy (non-hydrogen) atoms. The van der Waals surface area contributed by atoms with Crippen LogP contribution in [0.4, 0.5) is 20.2 Å². The molecule has 1 fully saturated rings. The van der Waals surface area contributed by atoms with E-state index < -0.39 is 22.2 Å². The third-order valence-electron chi connectivity index (χ3n) is 3.49. The first-order valence-corrected chi connectivity index (χ1v) is 7.37. The third-order valence-corrected chi connectivity index (χ3v) is 4.44. The molecule has 1 atom stereocenters. The maximum Gasteiger partial charge on any atom is 0.307 e. The van der Waals surface area contributed by atoms with Crippen LogP contribution in [0.25, 0.3) is 0 Å². The van der Waals surface area contributed by atoms with E-state index in [2.05, 4.69) is 5.32 Å². The monoisotopic (exact) mass is 310 g/mol. The lowest BCUT2D eigenvalue weighted by molar-refractivity contribution is -0.387. The van der Waals surface area contributed by atoms with Gasteiger partial charge in [0.25, 0.3) is 0 Å². The summed E-state index contributed by atoms with van der Waals surface area (Å²) in [6, 6.07) is 5.23. The van der Waals surface area contributed by atoms with Crippen molar-refractivity contribution in [2.24, 2.45) is 5.92 Å². The number of thiophene rings is 1. The summed E-state index contributed by atoms with van der Waals surface area (Å²) in [4.78, 5) is 11.0. The van der Waals surface area contributed by atoms with Gasteiger partial charge in [0.15, 0.2) is 0 Å². The molecule has 1 N–H and O–H groups in total. The molecule has 0 saturated heterocycles. The van der Waals surface area contributed by atoms with Gasteiger partial charge in [-0.15, -0.1) is 11.3 Å². The molecule has 1 aliphatic rings. The lowest BCUT2D eigenvalue weighted by Gasteiger charge is -2.18. The maximum atomic E-state index is 13.9. The number of hydrogen-bond donors (Lipinski definition) is 1. The first-order chi connectivity index (χ1) is 10.1. The van der Waals surface area contributed by atoms with Crippen molar-refractivity contribution in [2.45, 2.75) is 18.9 Å². The summed E-state index contributed by atoms with van der Waals surface area (Å²) >= 11 is 1.55. The molecule has 1 aliphatic carbocycles. The van der Waals surface area contributed by atoms with Gasteiger partial charge >= 0.3 is 5.69 Å². The first kappa shape index (κ1) is 13.9. The van der Waals surface area contributed by atoms with Crippen LogP contribution in [0, 0.1) is 27.7 Å². The largest absolute Gasteiger partial charge is 0.375 e. The lowest BCUT2D eigenvalue weighted by atomic mass is 10.1. The Morgan fingerprint density at radius 1 is 1.33 bits per heavy atom. The molecular formula is C14H12F2N2O2S. The maximum absolute atomic E-state index is 13.9. The molecule has 0 radical (unpaired) electrons. The SMILES string of the molecule is O=[N+]([O-])c1cc(NC(c2cccs2)C2CC2)c(F)cc1F. The van der Waals surface area contributed by atoms with Gasteiger partial charge in [-0.25, -0.2) is 4.39 Å². The number of nitro groups is 1. The highest BCUT2D eigenvalue weighted by Crippen LogP contribution is 2.44. The summed E-state index contributed by atoms with van der Waals surface area (Å²) in [5, 5.41) is 15.7. The van der Waals surface area contributed by atoms with E-state index in [4.69, 9.17) is 0 Å². The topological polar surface area (TPSA) is 55.2 Å². The molecule has 2 aromatic rings. The van der Waals surface area contributed by atoms with E-state index in [1.807, 2.05) is 17.5 Å². The van der Waals surface area contributed by atoms with Crippen molar-refractivity contribution in [1.29, 1.82) is 0 Å². The zero-order valence-electron chi connectivity index (χ0n) is 10.9. The highest BCUT2D eigenvalue weighted by molar-refractivity contribution is 7.10. The normalized spacial score (nSPS) is 15.7. The summed E-state index contributed by atoms with van der Waals surface area (Å²) in [6.07, 6.45) is 2.06. The molecule has 1 aromatic heterocycles. The molecule has 1 heterocycles. The molecule has 1 aromatic carbocycles. The van der Waals surface area contributed by atoms with Crippen molar-refractivity contribution < 1.29 is 13.7 Å².